The van der Waals surface area contributed by atoms with Crippen LogP contribution in [0.2, 0.25) is 0 Å². The Kier molecular flexibility index (Phi) is 4.48. The van der Waals surface area contributed by atoms with Gasteiger partial charge in [0.2, 0.25) is 11.8 Å². The van der Waals surface area contributed by atoms with Crippen molar-refractivity contribution >= 4 is 41.2 Å². The molecule has 2 amide bonds. The van der Waals surface area contributed by atoms with E-state index in [9.17, 15) is 19.2 Å². The number of carbonyl (C=O) groups excluding carboxylic acids is 3. The van der Waals surface area contributed by atoms with Gasteiger partial charge in [-0.1, -0.05) is 23.9 Å². The number of ether oxygens (including phenoxy) is 2. The molecule has 3 heterocycles. The largest absolute Gasteiger partial charge is 0.493 e. The lowest BCUT2D eigenvalue weighted by Gasteiger charge is -2.36. The highest BCUT2D eigenvalue weighted by molar-refractivity contribution is 8.04. The number of benzene rings is 2. The van der Waals surface area contributed by atoms with Crippen LogP contribution in [0.5, 0.6) is 11.5 Å². The lowest BCUT2D eigenvalue weighted by molar-refractivity contribution is -0.132. The van der Waals surface area contributed by atoms with Gasteiger partial charge in [0.25, 0.3) is 0 Å². The number of methoxy groups -OCH3 is 1. The number of amides is 2. The molecule has 1 saturated heterocycles. The summed E-state index contributed by atoms with van der Waals surface area (Å²) in [5, 5.41) is 8.41. The zero-order chi connectivity index (χ0) is 22.7. The van der Waals surface area contributed by atoms with Gasteiger partial charge in [0.15, 0.2) is 11.5 Å². The van der Waals surface area contributed by atoms with Crippen molar-refractivity contribution < 1.29 is 33.8 Å². The fraction of sp³-hybridized carbons (Fsp3) is 0.182. The first-order valence-corrected chi connectivity index (χ1v) is 10.5. The van der Waals surface area contributed by atoms with Crippen molar-refractivity contribution in [2.45, 2.75) is 11.2 Å². The van der Waals surface area contributed by atoms with Crippen LogP contribution in [0.25, 0.3) is 0 Å². The Morgan fingerprint density at radius 3 is 2.50 bits per heavy atom. The maximum atomic E-state index is 13.5. The minimum Gasteiger partial charge on any atom is -0.493 e. The molecule has 9 nitrogen and oxygen atoms in total. The average Bonchev–Trinajstić information content (AvgIpc) is 3.02. The van der Waals surface area contributed by atoms with Gasteiger partial charge in [0.1, 0.15) is 5.25 Å². The molecular weight excluding hydrogens is 436 g/mol. The van der Waals surface area contributed by atoms with E-state index >= 15 is 0 Å². The monoisotopic (exact) mass is 452 g/mol. The maximum Gasteiger partial charge on any atom is 0.342 e. The van der Waals surface area contributed by atoms with E-state index in [0.29, 0.717) is 11.3 Å². The third-order valence-corrected chi connectivity index (χ3v) is 7.06. The Balaban J connectivity index is 1.62. The number of anilines is 1. The fourth-order valence-corrected chi connectivity index (χ4v) is 5.66. The van der Waals surface area contributed by atoms with Gasteiger partial charge in [-0.2, -0.15) is 0 Å². The van der Waals surface area contributed by atoms with Gasteiger partial charge in [-0.05, 0) is 30.3 Å². The molecule has 0 unspecified atom stereocenters. The van der Waals surface area contributed by atoms with Crippen LogP contribution in [-0.4, -0.2) is 41.2 Å². The first kappa shape index (κ1) is 20.1. The fourth-order valence-electron chi connectivity index (χ4n) is 4.42. The van der Waals surface area contributed by atoms with E-state index in [2.05, 4.69) is 0 Å². The summed E-state index contributed by atoms with van der Waals surface area (Å²) in [6.45, 7) is 0. The van der Waals surface area contributed by atoms with Crippen molar-refractivity contribution in [3.05, 3.63) is 64.2 Å². The van der Waals surface area contributed by atoms with E-state index in [1.54, 1.807) is 18.2 Å². The molecule has 0 radical (unpaired) electrons. The zero-order valence-corrected chi connectivity index (χ0v) is 17.4. The lowest BCUT2D eigenvalue weighted by atomic mass is 9.77. The van der Waals surface area contributed by atoms with Gasteiger partial charge in [-0.25, -0.2) is 14.5 Å². The number of carboxylic acids is 1. The maximum absolute atomic E-state index is 13.5. The van der Waals surface area contributed by atoms with E-state index in [-0.39, 0.29) is 27.6 Å². The van der Waals surface area contributed by atoms with Crippen LogP contribution in [0.15, 0.2) is 53.1 Å². The third kappa shape index (κ3) is 2.72. The summed E-state index contributed by atoms with van der Waals surface area (Å²) in [5.74, 6) is -3.88. The molecule has 2 aromatic carbocycles. The second kappa shape index (κ2) is 7.13. The SMILES string of the molecule is COc1cccc2c1OC(=O)C1=C(N)S[C@H]3C(=O)N(c4ccc(C(=O)O)cc4)C(=O)[C@@H]3[C@H]12. The van der Waals surface area contributed by atoms with Gasteiger partial charge in [0, 0.05) is 11.5 Å². The number of hydrogen-bond donors (Lipinski definition) is 2. The Labute approximate surface area is 185 Å². The molecule has 0 spiro atoms. The second-order valence-electron chi connectivity index (χ2n) is 7.45. The molecule has 2 aromatic rings. The van der Waals surface area contributed by atoms with Gasteiger partial charge in [0.05, 0.1) is 34.9 Å². The summed E-state index contributed by atoms with van der Waals surface area (Å²) in [4.78, 5) is 51.8. The third-order valence-electron chi connectivity index (χ3n) is 5.84. The summed E-state index contributed by atoms with van der Waals surface area (Å²) < 4.78 is 10.8. The van der Waals surface area contributed by atoms with Crippen LogP contribution < -0.4 is 20.1 Å². The smallest absolute Gasteiger partial charge is 0.342 e. The highest BCUT2D eigenvalue weighted by Gasteiger charge is 2.58. The zero-order valence-electron chi connectivity index (χ0n) is 16.6. The Morgan fingerprint density at radius 1 is 1.12 bits per heavy atom. The van der Waals surface area contributed by atoms with E-state index in [1.807, 2.05) is 0 Å². The van der Waals surface area contributed by atoms with Crippen LogP contribution in [0.4, 0.5) is 5.69 Å². The molecule has 0 bridgehead atoms. The molecule has 32 heavy (non-hydrogen) atoms. The van der Waals surface area contributed by atoms with Crippen LogP contribution in [0.1, 0.15) is 21.8 Å². The minimum atomic E-state index is -1.12. The molecule has 3 aliphatic heterocycles. The highest BCUT2D eigenvalue weighted by atomic mass is 32.2. The molecule has 10 heteroatoms. The molecular formula is C22H16N2O7S. The molecule has 0 saturated carbocycles. The number of esters is 1. The first-order valence-electron chi connectivity index (χ1n) is 9.60. The van der Waals surface area contributed by atoms with E-state index in [4.69, 9.17) is 20.3 Å². The normalized spacial score (nSPS) is 24.0. The quantitative estimate of drug-likeness (QED) is 0.406. The molecule has 162 valence electrons. The molecule has 3 N–H and O–H groups in total. The Morgan fingerprint density at radius 2 is 1.84 bits per heavy atom. The van der Waals surface area contributed by atoms with Crippen LogP contribution in [-0.2, 0) is 14.4 Å². The van der Waals surface area contributed by atoms with E-state index in [1.165, 1.54) is 31.4 Å². The highest BCUT2D eigenvalue weighted by Crippen LogP contribution is 2.55. The van der Waals surface area contributed by atoms with Crippen LogP contribution in [0, 0.1) is 5.92 Å². The van der Waals surface area contributed by atoms with Gasteiger partial charge < -0.3 is 20.3 Å². The molecule has 1 fully saturated rings. The Bertz CT molecular complexity index is 1240. The Hall–Kier alpha value is -3.79. The predicted octanol–water partition coefficient (Wildman–Crippen LogP) is 1.87. The number of para-hydroxylation sites is 1. The number of carboxylic acid groups (broad SMARTS) is 1. The van der Waals surface area contributed by atoms with E-state index < -0.39 is 40.8 Å². The second-order valence-corrected chi connectivity index (χ2v) is 8.64. The molecule has 0 aliphatic carbocycles. The predicted molar refractivity (Wildman–Crippen MR) is 113 cm³/mol. The van der Waals surface area contributed by atoms with Gasteiger partial charge >= 0.3 is 11.9 Å². The number of fused-ring (bicyclic) bond motifs is 5. The minimum absolute atomic E-state index is 0.0314. The summed E-state index contributed by atoms with van der Waals surface area (Å²) in [6, 6.07) is 10.5. The molecule has 3 aliphatic rings. The number of rotatable bonds is 3. The summed E-state index contributed by atoms with van der Waals surface area (Å²) in [7, 11) is 1.44. The average molecular weight is 452 g/mol. The van der Waals surface area contributed by atoms with Crippen molar-refractivity contribution in [2.75, 3.05) is 12.0 Å². The van der Waals surface area contributed by atoms with Gasteiger partial charge in [-0.15, -0.1) is 0 Å². The summed E-state index contributed by atoms with van der Waals surface area (Å²) in [5.41, 5.74) is 7.15. The number of nitrogens with zero attached hydrogens (tertiary/aromatic N) is 1. The van der Waals surface area contributed by atoms with Crippen molar-refractivity contribution in [3.8, 4) is 11.5 Å². The van der Waals surface area contributed by atoms with E-state index in [0.717, 1.165) is 16.7 Å². The molecule has 5 rings (SSSR count). The standard InChI is InChI=1S/C22H16N2O7S/c1-30-12-4-2-3-11-13-14-17(32-18(23)15(13)22(29)31-16(11)12)20(26)24(19(14)25)10-7-5-9(6-8-10)21(27)28/h2-8,13-14,17H,23H2,1H3,(H,27,28)/t13-,14-,17-/m1/s1. The number of imide groups is 1. The van der Waals surface area contributed by atoms with Crippen LogP contribution in [0.3, 0.4) is 0 Å². The van der Waals surface area contributed by atoms with Crippen molar-refractivity contribution in [3.63, 3.8) is 0 Å². The van der Waals surface area contributed by atoms with Crippen molar-refractivity contribution in [2.24, 2.45) is 11.7 Å². The van der Waals surface area contributed by atoms with Gasteiger partial charge in [-0.3, -0.25) is 9.59 Å². The molecule has 3 atom stereocenters. The number of thioether (sulfide) groups is 1. The number of aromatic carboxylic acids is 1. The first-order chi connectivity index (χ1) is 15.3. The molecule has 0 aromatic heterocycles. The van der Waals surface area contributed by atoms with Crippen molar-refractivity contribution in [1.82, 2.24) is 0 Å². The number of hydrogen-bond acceptors (Lipinski definition) is 8. The van der Waals surface area contributed by atoms with Crippen molar-refractivity contribution in [1.29, 1.82) is 0 Å². The number of nitrogens with two attached hydrogens (primary N) is 1. The topological polar surface area (TPSA) is 136 Å². The summed E-state index contributed by atoms with van der Waals surface area (Å²) in [6.07, 6.45) is 0. The number of carbonyl (C=O) groups is 4. The van der Waals surface area contributed by atoms with Crippen LogP contribution >= 0.6 is 11.8 Å². The summed E-state index contributed by atoms with van der Waals surface area (Å²) >= 11 is 0.968. The lowest BCUT2D eigenvalue weighted by Crippen LogP contribution is -2.39.